The van der Waals surface area contributed by atoms with Gasteiger partial charge in [0.25, 0.3) is 0 Å². The highest BCUT2D eigenvalue weighted by Gasteiger charge is 2.33. The summed E-state index contributed by atoms with van der Waals surface area (Å²) in [4.78, 5) is 37.3. The van der Waals surface area contributed by atoms with Crippen LogP contribution in [0, 0.1) is 0 Å². The van der Waals surface area contributed by atoms with Crippen molar-refractivity contribution in [3.8, 4) is 40.0 Å². The van der Waals surface area contributed by atoms with Gasteiger partial charge in [-0.3, -0.25) is 19.9 Å². The third-order valence-electron chi connectivity index (χ3n) is 9.74. The number of hydrogen-bond donors (Lipinski definition) is 5. The number of nitrogens with one attached hydrogen (secondary N) is 3. The standard InChI is InChI=1S/C38H42Cl2N6O7/c1-38(14-15-47,37(49)50)43-17-21-16-28(39)35(46-34(21)51-2)53-31-12-11-24-23(6-4-7-25(24)31)26-8-5-9-27(33(26)40)29-20-42-30(36(45-29)52-3)19-41-18-22-10-13-32(48)44-22/h4-9,16,20,22,31,41,43,47H,10-15,17-19H2,1-3H3,(H,44,48)(H,49,50)/t22-,31-,38-/m0/s1. The fourth-order valence-corrected chi connectivity index (χ4v) is 7.28. The molecule has 2 aliphatic rings. The average molecular weight is 766 g/mol. The number of carboxylic acids is 1. The van der Waals surface area contributed by atoms with Crippen molar-refractivity contribution < 1.29 is 34.0 Å². The van der Waals surface area contributed by atoms with E-state index < -0.39 is 11.5 Å². The molecular formula is C38H42Cl2N6O7. The summed E-state index contributed by atoms with van der Waals surface area (Å²) in [6, 6.07) is 13.6. The molecule has 13 nitrogen and oxygen atoms in total. The molecule has 0 saturated carbocycles. The van der Waals surface area contributed by atoms with E-state index in [0.717, 1.165) is 35.1 Å². The normalized spacial score (nSPS) is 17.6. The number of aromatic nitrogens is 3. The molecule has 1 saturated heterocycles. The Labute approximate surface area is 317 Å². The van der Waals surface area contributed by atoms with Crippen molar-refractivity contribution in [2.45, 2.75) is 69.8 Å². The quantitative estimate of drug-likeness (QED) is 0.1000. The summed E-state index contributed by atoms with van der Waals surface area (Å²) in [6.45, 7) is 2.37. The number of benzene rings is 2. The second-order valence-electron chi connectivity index (χ2n) is 13.2. The first-order valence-electron chi connectivity index (χ1n) is 17.4. The number of ether oxygens (including phenoxy) is 3. The Morgan fingerprint density at radius 3 is 2.47 bits per heavy atom. The minimum atomic E-state index is -1.35. The summed E-state index contributed by atoms with van der Waals surface area (Å²) in [7, 11) is 3.02. The van der Waals surface area contributed by atoms with Crippen molar-refractivity contribution in [1.29, 1.82) is 0 Å². The predicted octanol–water partition coefficient (Wildman–Crippen LogP) is 5.28. The Hall–Kier alpha value is -4.53. The maximum absolute atomic E-state index is 11.8. The van der Waals surface area contributed by atoms with E-state index >= 15 is 0 Å². The summed E-state index contributed by atoms with van der Waals surface area (Å²) < 4.78 is 17.5. The van der Waals surface area contributed by atoms with E-state index in [4.69, 9.17) is 42.4 Å². The Bertz CT molecular complexity index is 2000. The van der Waals surface area contributed by atoms with Gasteiger partial charge in [0, 0.05) is 55.4 Å². The lowest BCUT2D eigenvalue weighted by atomic mass is 9.95. The molecule has 0 radical (unpaired) electrons. The number of halogens is 2. The molecule has 0 bridgehead atoms. The van der Waals surface area contributed by atoms with Gasteiger partial charge in [-0.05, 0) is 55.4 Å². The number of carbonyl (C=O) groups excluding carboxylic acids is 1. The molecule has 15 heteroatoms. The van der Waals surface area contributed by atoms with E-state index in [1.54, 1.807) is 19.4 Å². The first kappa shape index (κ1) is 38.2. The summed E-state index contributed by atoms with van der Waals surface area (Å²) in [5, 5.41) is 29.1. The maximum Gasteiger partial charge on any atom is 0.323 e. The van der Waals surface area contributed by atoms with Crippen molar-refractivity contribution in [2.24, 2.45) is 0 Å². The zero-order valence-corrected chi connectivity index (χ0v) is 31.2. The van der Waals surface area contributed by atoms with Crippen LogP contribution >= 0.6 is 23.2 Å². The molecule has 53 heavy (non-hydrogen) atoms. The van der Waals surface area contributed by atoms with E-state index in [-0.39, 0.29) is 54.4 Å². The van der Waals surface area contributed by atoms with Crippen LogP contribution in [0.3, 0.4) is 0 Å². The SMILES string of the molecule is COc1nc(O[C@H]2CCc3c(-c4cccc(-c5cnc(CNC[C@@H]6CCC(=O)N6)c(OC)n5)c4Cl)cccc32)c(Cl)cc1CN[C@@](C)(CCO)C(=O)O. The van der Waals surface area contributed by atoms with Crippen LogP contribution < -0.4 is 30.2 Å². The number of aliphatic hydroxyl groups is 1. The molecule has 2 aromatic carbocycles. The Morgan fingerprint density at radius 2 is 1.75 bits per heavy atom. The van der Waals surface area contributed by atoms with E-state index in [1.165, 1.54) is 14.0 Å². The van der Waals surface area contributed by atoms with Crippen molar-refractivity contribution in [1.82, 2.24) is 30.9 Å². The molecule has 1 fully saturated rings. The van der Waals surface area contributed by atoms with Gasteiger partial charge < -0.3 is 35.1 Å². The van der Waals surface area contributed by atoms with Gasteiger partial charge in [-0.15, -0.1) is 0 Å². The number of rotatable bonds is 16. The van der Waals surface area contributed by atoms with Gasteiger partial charge in [0.2, 0.25) is 23.5 Å². The molecule has 2 aromatic heterocycles. The van der Waals surface area contributed by atoms with Crippen LogP contribution in [-0.4, -0.2) is 76.0 Å². The number of aliphatic hydroxyl groups excluding tert-OH is 1. The molecule has 6 rings (SSSR count). The zero-order valence-electron chi connectivity index (χ0n) is 29.7. The van der Waals surface area contributed by atoms with E-state index in [0.29, 0.717) is 59.3 Å². The smallest absolute Gasteiger partial charge is 0.323 e. The largest absolute Gasteiger partial charge is 0.481 e. The Kier molecular flexibility index (Phi) is 12.0. The molecule has 3 heterocycles. The molecule has 0 spiro atoms. The van der Waals surface area contributed by atoms with Crippen molar-refractivity contribution in [3.63, 3.8) is 0 Å². The van der Waals surface area contributed by atoms with Gasteiger partial charge in [0.15, 0.2) is 0 Å². The third-order valence-corrected chi connectivity index (χ3v) is 10.4. The van der Waals surface area contributed by atoms with Gasteiger partial charge in [-0.1, -0.05) is 59.6 Å². The Morgan fingerprint density at radius 1 is 1.00 bits per heavy atom. The summed E-state index contributed by atoms with van der Waals surface area (Å²) in [5.74, 6) is -0.180. The Balaban J connectivity index is 1.20. The van der Waals surface area contributed by atoms with Crippen LogP contribution in [0.25, 0.3) is 22.4 Å². The number of carbonyl (C=O) groups is 2. The number of pyridine rings is 1. The molecule has 5 N–H and O–H groups in total. The topological polar surface area (TPSA) is 177 Å². The molecule has 3 atom stereocenters. The third kappa shape index (κ3) is 8.34. The summed E-state index contributed by atoms with van der Waals surface area (Å²) in [5.41, 5.74) is 5.03. The second-order valence-corrected chi connectivity index (χ2v) is 14.0. The van der Waals surface area contributed by atoms with Gasteiger partial charge in [-0.2, -0.15) is 4.98 Å². The highest BCUT2D eigenvalue weighted by Crippen LogP contribution is 2.44. The van der Waals surface area contributed by atoms with E-state index in [9.17, 15) is 19.8 Å². The lowest BCUT2D eigenvalue weighted by Crippen LogP contribution is -2.49. The predicted molar refractivity (Wildman–Crippen MR) is 199 cm³/mol. The minimum absolute atomic E-state index is 0.0181. The fourth-order valence-electron chi connectivity index (χ4n) is 6.74. The molecule has 1 amide bonds. The number of aliphatic carboxylic acids is 1. The summed E-state index contributed by atoms with van der Waals surface area (Å²) >= 11 is 13.8. The number of hydrogen-bond acceptors (Lipinski definition) is 11. The number of nitrogens with zero attached hydrogens (tertiary/aromatic N) is 3. The van der Waals surface area contributed by atoms with Crippen molar-refractivity contribution in [2.75, 3.05) is 27.4 Å². The minimum Gasteiger partial charge on any atom is -0.481 e. The van der Waals surface area contributed by atoms with E-state index in [2.05, 4.69) is 25.9 Å². The van der Waals surface area contributed by atoms with Gasteiger partial charge >= 0.3 is 5.97 Å². The second kappa shape index (κ2) is 16.6. The monoisotopic (exact) mass is 764 g/mol. The van der Waals surface area contributed by atoms with Crippen LogP contribution in [0.5, 0.6) is 17.6 Å². The highest BCUT2D eigenvalue weighted by atomic mass is 35.5. The van der Waals surface area contributed by atoms with Crippen LogP contribution in [0.2, 0.25) is 10.0 Å². The van der Waals surface area contributed by atoms with E-state index in [1.807, 2.05) is 36.4 Å². The van der Waals surface area contributed by atoms with Gasteiger partial charge in [0.05, 0.1) is 31.1 Å². The lowest BCUT2D eigenvalue weighted by Gasteiger charge is -2.26. The fraction of sp³-hybridized carbons (Fsp3) is 0.395. The van der Waals surface area contributed by atoms with Crippen LogP contribution in [0.15, 0.2) is 48.7 Å². The molecule has 4 aromatic rings. The molecule has 280 valence electrons. The molecule has 1 aliphatic heterocycles. The zero-order chi connectivity index (χ0) is 37.7. The average Bonchev–Trinajstić information content (AvgIpc) is 3.77. The van der Waals surface area contributed by atoms with Crippen LogP contribution in [-0.2, 0) is 29.1 Å². The van der Waals surface area contributed by atoms with Crippen LogP contribution in [0.4, 0.5) is 0 Å². The number of fused-ring (bicyclic) bond motifs is 1. The number of amides is 1. The molecule has 1 aliphatic carbocycles. The molecular weight excluding hydrogens is 723 g/mol. The number of carboxylic acid groups (broad SMARTS) is 1. The highest BCUT2D eigenvalue weighted by molar-refractivity contribution is 6.36. The number of methoxy groups -OCH3 is 2. The van der Waals surface area contributed by atoms with Gasteiger partial charge in [0.1, 0.15) is 22.4 Å². The van der Waals surface area contributed by atoms with Crippen LogP contribution in [0.1, 0.15) is 61.1 Å². The first-order valence-corrected chi connectivity index (χ1v) is 18.1. The maximum atomic E-state index is 11.8. The van der Waals surface area contributed by atoms with Crippen molar-refractivity contribution in [3.05, 3.63) is 81.1 Å². The van der Waals surface area contributed by atoms with Crippen molar-refractivity contribution >= 4 is 35.1 Å². The summed E-state index contributed by atoms with van der Waals surface area (Å²) in [6.07, 6.45) is 4.12. The molecule has 0 unspecified atom stereocenters. The first-order chi connectivity index (χ1) is 25.5. The van der Waals surface area contributed by atoms with Gasteiger partial charge in [-0.25, -0.2) is 4.98 Å². The lowest BCUT2D eigenvalue weighted by molar-refractivity contribution is -0.145.